The fraction of sp³-hybridized carbons (Fsp3) is 0.500. The molecule has 0 amide bonds. The van der Waals surface area contributed by atoms with Gasteiger partial charge >= 0.3 is 0 Å². The third-order valence-corrected chi connectivity index (χ3v) is 1.66. The Hall–Kier alpha value is -1.30. The van der Waals surface area contributed by atoms with Gasteiger partial charge in [0.1, 0.15) is 0 Å². The highest BCUT2D eigenvalue weighted by molar-refractivity contribution is 5.81. The second-order valence-electron chi connectivity index (χ2n) is 2.35. The lowest BCUT2D eigenvalue weighted by atomic mass is 10.1. The molecule has 2 rings (SSSR count). The highest BCUT2D eigenvalue weighted by atomic mass is 13.9. The summed E-state index contributed by atoms with van der Waals surface area (Å²) in [6, 6.07) is 16.7. The molecule has 0 saturated heterocycles. The smallest absolute Gasteiger partial charge is 0.0184 e. The SMILES string of the molecule is CC.CC.CC.CC.CC.c1ccc2ccccc2c1. The van der Waals surface area contributed by atoms with Gasteiger partial charge in [-0.15, -0.1) is 0 Å². The molecule has 0 nitrogen and oxygen atoms in total. The molecule has 0 aliphatic rings. The van der Waals surface area contributed by atoms with E-state index >= 15 is 0 Å². The van der Waals surface area contributed by atoms with Crippen molar-refractivity contribution >= 4 is 10.8 Å². The Balaban J connectivity index is -0.000000110. The number of fused-ring (bicyclic) bond motifs is 1. The van der Waals surface area contributed by atoms with Gasteiger partial charge in [0.2, 0.25) is 0 Å². The molecule has 0 aromatic heterocycles. The van der Waals surface area contributed by atoms with Crippen molar-refractivity contribution in [3.8, 4) is 0 Å². The normalized spacial score (nSPS) is 6.50. The fourth-order valence-electron chi connectivity index (χ4n) is 1.13. The van der Waals surface area contributed by atoms with E-state index in [-0.39, 0.29) is 0 Å². The van der Waals surface area contributed by atoms with E-state index in [0.717, 1.165) is 0 Å². The standard InChI is InChI=1S/C10H8.5C2H6/c1-2-6-10-8-4-3-7-9(10)5-1;5*1-2/h1-8H;5*1-2H3. The largest absolute Gasteiger partial charge is 0.0683 e. The van der Waals surface area contributed by atoms with Gasteiger partial charge in [-0.05, 0) is 10.8 Å². The lowest BCUT2D eigenvalue weighted by Crippen LogP contribution is -1.67. The van der Waals surface area contributed by atoms with Crippen LogP contribution in [-0.2, 0) is 0 Å². The van der Waals surface area contributed by atoms with Crippen LogP contribution in [0.4, 0.5) is 0 Å². The van der Waals surface area contributed by atoms with Crippen LogP contribution >= 0.6 is 0 Å². The average molecular weight is 279 g/mol. The zero-order valence-corrected chi connectivity index (χ0v) is 15.6. The van der Waals surface area contributed by atoms with Crippen LogP contribution in [-0.4, -0.2) is 0 Å². The molecule has 0 atom stereocenters. The summed E-state index contributed by atoms with van der Waals surface area (Å²) in [6.45, 7) is 20.0. The number of benzene rings is 2. The molecule has 0 N–H and O–H groups in total. The maximum absolute atomic E-state index is 2.12. The minimum atomic E-state index is 1.31. The molecule has 0 spiro atoms. The Morgan fingerprint density at radius 1 is 0.350 bits per heavy atom. The van der Waals surface area contributed by atoms with Gasteiger partial charge in [0, 0.05) is 0 Å². The summed E-state index contributed by atoms with van der Waals surface area (Å²) in [4.78, 5) is 0. The highest BCUT2D eigenvalue weighted by Gasteiger charge is 1.85. The third-order valence-electron chi connectivity index (χ3n) is 1.66. The quantitative estimate of drug-likeness (QED) is 0.458. The molecule has 2 aromatic carbocycles. The first-order chi connectivity index (χ1) is 9.97. The summed E-state index contributed by atoms with van der Waals surface area (Å²) in [5.41, 5.74) is 0. The molecule has 0 radical (unpaired) electrons. The number of hydrogen-bond donors (Lipinski definition) is 0. The molecule has 0 heteroatoms. The summed E-state index contributed by atoms with van der Waals surface area (Å²) in [6.07, 6.45) is 0. The van der Waals surface area contributed by atoms with Gasteiger partial charge < -0.3 is 0 Å². The van der Waals surface area contributed by atoms with E-state index in [1.165, 1.54) is 10.8 Å². The first-order valence-electron chi connectivity index (χ1n) is 8.40. The summed E-state index contributed by atoms with van der Waals surface area (Å²) in [5, 5.41) is 2.62. The minimum Gasteiger partial charge on any atom is -0.0683 e. The predicted molar refractivity (Wildman–Crippen MR) is 101 cm³/mol. The van der Waals surface area contributed by atoms with Gasteiger partial charge in [-0.3, -0.25) is 0 Å². The van der Waals surface area contributed by atoms with Crippen molar-refractivity contribution in [1.29, 1.82) is 0 Å². The Kier molecular flexibility index (Phi) is 41.5. The molecular weight excluding hydrogens is 240 g/mol. The van der Waals surface area contributed by atoms with Crippen LogP contribution in [0.5, 0.6) is 0 Å². The second-order valence-corrected chi connectivity index (χ2v) is 2.35. The van der Waals surface area contributed by atoms with Gasteiger partial charge in [0.05, 0.1) is 0 Å². The molecule has 0 saturated carbocycles. The molecule has 0 unspecified atom stereocenters. The Bertz CT molecular complexity index is 271. The molecule has 20 heavy (non-hydrogen) atoms. The molecule has 118 valence electrons. The zero-order valence-electron chi connectivity index (χ0n) is 15.6. The second kappa shape index (κ2) is 30.6. The summed E-state index contributed by atoms with van der Waals surface area (Å²) < 4.78 is 0. The van der Waals surface area contributed by atoms with Crippen molar-refractivity contribution < 1.29 is 0 Å². The van der Waals surface area contributed by atoms with Crippen molar-refractivity contribution in [2.45, 2.75) is 69.2 Å². The minimum absolute atomic E-state index is 1.31. The molecule has 0 aliphatic carbocycles. The molecule has 0 heterocycles. The Morgan fingerprint density at radius 3 is 0.650 bits per heavy atom. The average Bonchev–Trinajstić information content (AvgIpc) is 2.64. The lowest BCUT2D eigenvalue weighted by Gasteiger charge is -1.92. The third kappa shape index (κ3) is 14.8. The zero-order chi connectivity index (χ0) is 16.8. The van der Waals surface area contributed by atoms with Gasteiger partial charge in [0.25, 0.3) is 0 Å². The maximum Gasteiger partial charge on any atom is -0.0184 e. The van der Waals surface area contributed by atoms with Crippen LogP contribution in [0.25, 0.3) is 10.8 Å². The van der Waals surface area contributed by atoms with Crippen LogP contribution in [0, 0.1) is 0 Å². The molecular formula is C20H38. The fourth-order valence-corrected chi connectivity index (χ4v) is 1.13. The van der Waals surface area contributed by atoms with Crippen LogP contribution in [0.2, 0.25) is 0 Å². The first kappa shape index (κ1) is 27.1. The summed E-state index contributed by atoms with van der Waals surface area (Å²) in [5.74, 6) is 0. The van der Waals surface area contributed by atoms with E-state index in [1.807, 2.05) is 69.2 Å². The van der Waals surface area contributed by atoms with Crippen LogP contribution in [0.3, 0.4) is 0 Å². The molecule has 0 bridgehead atoms. The summed E-state index contributed by atoms with van der Waals surface area (Å²) >= 11 is 0. The number of hydrogen-bond acceptors (Lipinski definition) is 0. The van der Waals surface area contributed by atoms with Crippen LogP contribution in [0.15, 0.2) is 48.5 Å². The predicted octanol–water partition coefficient (Wildman–Crippen LogP) is 7.97. The topological polar surface area (TPSA) is 0 Å². The van der Waals surface area contributed by atoms with Crippen molar-refractivity contribution in [2.75, 3.05) is 0 Å². The van der Waals surface area contributed by atoms with E-state index in [4.69, 9.17) is 0 Å². The lowest BCUT2D eigenvalue weighted by molar-refractivity contribution is 1.50. The van der Waals surface area contributed by atoms with E-state index < -0.39 is 0 Å². The van der Waals surface area contributed by atoms with E-state index in [0.29, 0.717) is 0 Å². The van der Waals surface area contributed by atoms with Gasteiger partial charge in [-0.2, -0.15) is 0 Å². The maximum atomic E-state index is 2.12. The summed E-state index contributed by atoms with van der Waals surface area (Å²) in [7, 11) is 0. The Morgan fingerprint density at radius 2 is 0.500 bits per heavy atom. The Labute approximate surface area is 129 Å². The van der Waals surface area contributed by atoms with E-state index in [9.17, 15) is 0 Å². The van der Waals surface area contributed by atoms with Gasteiger partial charge in [-0.25, -0.2) is 0 Å². The first-order valence-corrected chi connectivity index (χ1v) is 8.40. The van der Waals surface area contributed by atoms with Crippen molar-refractivity contribution in [1.82, 2.24) is 0 Å². The monoisotopic (exact) mass is 278 g/mol. The van der Waals surface area contributed by atoms with Gasteiger partial charge in [0.15, 0.2) is 0 Å². The van der Waals surface area contributed by atoms with E-state index in [2.05, 4.69) is 48.5 Å². The highest BCUT2D eigenvalue weighted by Crippen LogP contribution is 2.11. The van der Waals surface area contributed by atoms with Crippen molar-refractivity contribution in [2.24, 2.45) is 0 Å². The molecule has 0 fully saturated rings. The van der Waals surface area contributed by atoms with Crippen molar-refractivity contribution in [3.05, 3.63) is 48.5 Å². The van der Waals surface area contributed by atoms with Crippen LogP contribution < -0.4 is 0 Å². The van der Waals surface area contributed by atoms with Gasteiger partial charge in [-0.1, -0.05) is 118 Å². The number of rotatable bonds is 0. The van der Waals surface area contributed by atoms with Crippen LogP contribution in [0.1, 0.15) is 69.2 Å². The van der Waals surface area contributed by atoms with Crippen molar-refractivity contribution in [3.63, 3.8) is 0 Å². The van der Waals surface area contributed by atoms with E-state index in [1.54, 1.807) is 0 Å². The molecule has 0 aliphatic heterocycles. The molecule has 2 aromatic rings.